The summed E-state index contributed by atoms with van der Waals surface area (Å²) in [5.74, 6) is -0.166. The van der Waals surface area contributed by atoms with Gasteiger partial charge in [0.15, 0.2) is 0 Å². The molecule has 1 aliphatic carbocycles. The Hall–Kier alpha value is -3.06. The number of fused-ring (bicyclic) bond motifs is 1. The van der Waals surface area contributed by atoms with E-state index in [-0.39, 0.29) is 29.4 Å². The van der Waals surface area contributed by atoms with Gasteiger partial charge in [0.05, 0.1) is 16.6 Å². The highest BCUT2D eigenvalue weighted by Gasteiger charge is 2.41. The van der Waals surface area contributed by atoms with Crippen LogP contribution in [0.4, 0.5) is 4.79 Å². The van der Waals surface area contributed by atoms with Crippen LogP contribution in [-0.2, 0) is 11.2 Å². The number of nitrogens with zero attached hydrogens (tertiary/aromatic N) is 2. The highest BCUT2D eigenvalue weighted by Crippen LogP contribution is 2.41. The van der Waals surface area contributed by atoms with Crippen LogP contribution in [0.3, 0.4) is 0 Å². The largest absolute Gasteiger partial charge is 0.444 e. The molecule has 1 atom stereocenters. The first-order valence-electron chi connectivity index (χ1n) is 14.0. The molecule has 2 fully saturated rings. The van der Waals surface area contributed by atoms with Gasteiger partial charge in [-0.15, -0.1) is 0 Å². The maximum atomic E-state index is 13.7. The SMILES string of the molecule is CC(C)(C)OC(=O)N1CCC2(CCCN(C(=O)c3ccc4c(c3)C(NC(=O)c3ccccc3Cl)CC4)C2)CC1. The summed E-state index contributed by atoms with van der Waals surface area (Å²) in [7, 11) is 0. The number of aryl methyl sites for hydroxylation is 1. The molecule has 1 spiro atoms. The van der Waals surface area contributed by atoms with Gasteiger partial charge in [0.1, 0.15) is 5.60 Å². The minimum absolute atomic E-state index is 0.0363. The van der Waals surface area contributed by atoms with Crippen molar-refractivity contribution in [2.75, 3.05) is 26.2 Å². The van der Waals surface area contributed by atoms with Crippen molar-refractivity contribution in [3.05, 3.63) is 69.7 Å². The minimum Gasteiger partial charge on any atom is -0.444 e. The number of amides is 3. The summed E-state index contributed by atoms with van der Waals surface area (Å²) in [5, 5.41) is 3.55. The molecule has 0 aromatic heterocycles. The van der Waals surface area contributed by atoms with E-state index >= 15 is 0 Å². The molecular weight excluding hydrogens is 514 g/mol. The number of carbonyl (C=O) groups is 3. The monoisotopic (exact) mass is 551 g/mol. The van der Waals surface area contributed by atoms with Gasteiger partial charge in [-0.2, -0.15) is 0 Å². The third kappa shape index (κ3) is 6.08. The van der Waals surface area contributed by atoms with E-state index in [1.54, 1.807) is 29.2 Å². The maximum absolute atomic E-state index is 13.7. The molecule has 2 saturated heterocycles. The summed E-state index contributed by atoms with van der Waals surface area (Å²) >= 11 is 6.23. The quantitative estimate of drug-likeness (QED) is 0.506. The molecule has 0 radical (unpaired) electrons. The fraction of sp³-hybridized carbons (Fsp3) is 0.516. The Bertz CT molecular complexity index is 1260. The zero-order valence-electron chi connectivity index (χ0n) is 23.1. The van der Waals surface area contributed by atoms with E-state index < -0.39 is 5.60 Å². The molecule has 1 unspecified atom stereocenters. The predicted octanol–water partition coefficient (Wildman–Crippen LogP) is 6.01. The second-order valence-corrected chi connectivity index (χ2v) is 12.7. The Balaban J connectivity index is 1.24. The number of hydrogen-bond donors (Lipinski definition) is 1. The molecule has 2 aromatic carbocycles. The molecule has 0 saturated carbocycles. The summed E-state index contributed by atoms with van der Waals surface area (Å²) in [6.45, 7) is 8.40. The third-order valence-electron chi connectivity index (χ3n) is 8.32. The number of piperidine rings is 2. The number of likely N-dealkylation sites (tertiary alicyclic amines) is 2. The van der Waals surface area contributed by atoms with Crippen molar-refractivity contribution in [2.45, 2.75) is 70.9 Å². The van der Waals surface area contributed by atoms with Gasteiger partial charge < -0.3 is 19.9 Å². The van der Waals surface area contributed by atoms with Gasteiger partial charge in [-0.05, 0) is 100 Å². The molecule has 39 heavy (non-hydrogen) atoms. The van der Waals surface area contributed by atoms with Crippen molar-refractivity contribution in [2.24, 2.45) is 5.41 Å². The molecule has 0 bridgehead atoms. The molecule has 3 aliphatic rings. The Kier molecular flexibility index (Phi) is 7.64. The molecular formula is C31H38ClN3O4. The lowest BCUT2D eigenvalue weighted by atomic mass is 9.72. The Morgan fingerprint density at radius 2 is 1.74 bits per heavy atom. The number of carbonyl (C=O) groups excluding carboxylic acids is 3. The highest BCUT2D eigenvalue weighted by atomic mass is 35.5. The fourth-order valence-electron chi connectivity index (χ4n) is 6.23. The van der Waals surface area contributed by atoms with Gasteiger partial charge in [-0.25, -0.2) is 4.79 Å². The van der Waals surface area contributed by atoms with Crippen molar-refractivity contribution in [1.29, 1.82) is 0 Å². The van der Waals surface area contributed by atoms with Crippen LogP contribution in [0.2, 0.25) is 5.02 Å². The molecule has 1 N–H and O–H groups in total. The van der Waals surface area contributed by atoms with Crippen molar-refractivity contribution in [3.8, 4) is 0 Å². The zero-order chi connectivity index (χ0) is 27.8. The van der Waals surface area contributed by atoms with Crippen molar-refractivity contribution < 1.29 is 19.1 Å². The van der Waals surface area contributed by atoms with Gasteiger partial charge >= 0.3 is 6.09 Å². The van der Waals surface area contributed by atoms with Gasteiger partial charge in [-0.1, -0.05) is 29.8 Å². The summed E-state index contributed by atoms with van der Waals surface area (Å²) in [5.41, 5.74) is 2.83. The Morgan fingerprint density at radius 3 is 2.46 bits per heavy atom. The molecule has 2 aromatic rings. The molecule has 208 valence electrons. The first-order chi connectivity index (χ1) is 18.5. The van der Waals surface area contributed by atoms with E-state index in [4.69, 9.17) is 16.3 Å². The first-order valence-corrected chi connectivity index (χ1v) is 14.4. The van der Waals surface area contributed by atoms with Crippen molar-refractivity contribution in [3.63, 3.8) is 0 Å². The summed E-state index contributed by atoms with van der Waals surface area (Å²) in [4.78, 5) is 42.9. The number of halogens is 1. The summed E-state index contributed by atoms with van der Waals surface area (Å²) in [6, 6.07) is 12.8. The van der Waals surface area contributed by atoms with Crippen molar-refractivity contribution in [1.82, 2.24) is 15.1 Å². The molecule has 3 amide bonds. The van der Waals surface area contributed by atoms with E-state index in [9.17, 15) is 14.4 Å². The molecule has 8 heteroatoms. The summed E-state index contributed by atoms with van der Waals surface area (Å²) < 4.78 is 5.56. The van der Waals surface area contributed by atoms with Crippen LogP contribution >= 0.6 is 11.6 Å². The van der Waals surface area contributed by atoms with Crippen LogP contribution in [0.25, 0.3) is 0 Å². The number of benzene rings is 2. The molecule has 2 aliphatic heterocycles. The lowest BCUT2D eigenvalue weighted by Crippen LogP contribution is -2.52. The maximum Gasteiger partial charge on any atom is 0.410 e. The van der Waals surface area contributed by atoms with Gasteiger partial charge in [0.2, 0.25) is 0 Å². The fourth-order valence-corrected chi connectivity index (χ4v) is 6.45. The number of ether oxygens (including phenoxy) is 1. The second kappa shape index (κ2) is 10.8. The van der Waals surface area contributed by atoms with Gasteiger partial charge in [0, 0.05) is 31.7 Å². The molecule has 7 nitrogen and oxygen atoms in total. The average molecular weight is 552 g/mol. The van der Waals surface area contributed by atoms with Crippen LogP contribution in [0, 0.1) is 5.41 Å². The molecule has 2 heterocycles. The van der Waals surface area contributed by atoms with E-state index in [0.29, 0.717) is 35.8 Å². The number of nitrogens with one attached hydrogen (secondary N) is 1. The smallest absolute Gasteiger partial charge is 0.410 e. The zero-order valence-corrected chi connectivity index (χ0v) is 23.9. The third-order valence-corrected chi connectivity index (χ3v) is 8.65. The van der Waals surface area contributed by atoms with E-state index in [1.165, 1.54) is 5.56 Å². The van der Waals surface area contributed by atoms with Crippen LogP contribution in [0.1, 0.15) is 90.8 Å². The van der Waals surface area contributed by atoms with Crippen LogP contribution in [0.5, 0.6) is 0 Å². The topological polar surface area (TPSA) is 79.0 Å². The first kappa shape index (κ1) is 27.5. The van der Waals surface area contributed by atoms with Crippen molar-refractivity contribution >= 4 is 29.5 Å². The van der Waals surface area contributed by atoms with E-state index in [1.807, 2.05) is 43.9 Å². The van der Waals surface area contributed by atoms with Crippen LogP contribution in [0.15, 0.2) is 42.5 Å². The normalized spacial score (nSPS) is 20.5. The predicted molar refractivity (Wildman–Crippen MR) is 151 cm³/mol. The lowest BCUT2D eigenvalue weighted by Gasteiger charge is -2.47. The Morgan fingerprint density at radius 1 is 1.00 bits per heavy atom. The second-order valence-electron chi connectivity index (χ2n) is 12.3. The van der Waals surface area contributed by atoms with Gasteiger partial charge in [0.25, 0.3) is 11.8 Å². The number of hydrogen-bond acceptors (Lipinski definition) is 4. The van der Waals surface area contributed by atoms with Crippen LogP contribution in [-0.4, -0.2) is 59.5 Å². The van der Waals surface area contributed by atoms with E-state index in [0.717, 1.165) is 50.6 Å². The average Bonchev–Trinajstić information content (AvgIpc) is 3.29. The Labute approximate surface area is 235 Å². The number of rotatable bonds is 3. The van der Waals surface area contributed by atoms with Crippen LogP contribution < -0.4 is 5.32 Å². The lowest BCUT2D eigenvalue weighted by molar-refractivity contribution is -0.00498. The minimum atomic E-state index is -0.507. The molecule has 5 rings (SSSR count). The highest BCUT2D eigenvalue weighted by molar-refractivity contribution is 6.33. The summed E-state index contributed by atoms with van der Waals surface area (Å²) in [6.07, 6.45) is 5.17. The standard InChI is InChI=1S/C31H38ClN3O4/c1-30(2,3)39-29(38)34-17-14-31(15-18-34)13-6-16-35(20-31)28(37)22-10-9-21-11-12-26(24(21)19-22)33-27(36)23-7-4-5-8-25(23)32/h4-5,7-10,19,26H,6,11-18,20H2,1-3H3,(H,33,36). The van der Waals surface area contributed by atoms with E-state index in [2.05, 4.69) is 5.32 Å². The van der Waals surface area contributed by atoms with Gasteiger partial charge in [-0.3, -0.25) is 9.59 Å².